The zero-order chi connectivity index (χ0) is 13.1. The normalized spacial score (nSPS) is 14.1. The maximum absolute atomic E-state index is 11.6. The van der Waals surface area contributed by atoms with Crippen molar-refractivity contribution in [3.63, 3.8) is 0 Å². The van der Waals surface area contributed by atoms with Gasteiger partial charge in [0.25, 0.3) is 5.91 Å². The third-order valence-electron chi connectivity index (χ3n) is 2.65. The van der Waals surface area contributed by atoms with Gasteiger partial charge in [0.15, 0.2) is 6.61 Å². The van der Waals surface area contributed by atoms with Gasteiger partial charge in [-0.3, -0.25) is 9.59 Å². The highest BCUT2D eigenvalue weighted by molar-refractivity contribution is 6.33. The van der Waals surface area contributed by atoms with E-state index in [0.29, 0.717) is 10.7 Å². The first-order valence-corrected chi connectivity index (χ1v) is 6.16. The zero-order valence-corrected chi connectivity index (χ0v) is 10.8. The largest absolute Gasteiger partial charge is 0.455 e. The van der Waals surface area contributed by atoms with Gasteiger partial charge >= 0.3 is 5.97 Å². The maximum Gasteiger partial charge on any atom is 0.309 e. The van der Waals surface area contributed by atoms with Crippen LogP contribution in [0, 0.1) is 12.8 Å². The van der Waals surface area contributed by atoms with E-state index in [1.807, 2.05) is 13.0 Å². The molecule has 96 valence electrons. The van der Waals surface area contributed by atoms with Crippen molar-refractivity contribution in [2.75, 3.05) is 11.9 Å². The van der Waals surface area contributed by atoms with Gasteiger partial charge < -0.3 is 10.1 Å². The average molecular weight is 268 g/mol. The first kappa shape index (κ1) is 12.9. The summed E-state index contributed by atoms with van der Waals surface area (Å²) in [5, 5.41) is 3.07. The summed E-state index contributed by atoms with van der Waals surface area (Å²) in [6.45, 7) is 1.65. The van der Waals surface area contributed by atoms with Gasteiger partial charge in [-0.1, -0.05) is 17.7 Å². The molecule has 0 bridgehead atoms. The van der Waals surface area contributed by atoms with Crippen LogP contribution in [0.5, 0.6) is 0 Å². The van der Waals surface area contributed by atoms with Crippen molar-refractivity contribution in [2.45, 2.75) is 19.8 Å². The van der Waals surface area contributed by atoms with E-state index in [9.17, 15) is 9.59 Å². The summed E-state index contributed by atoms with van der Waals surface area (Å²) in [5.74, 6) is -0.671. The van der Waals surface area contributed by atoms with Crippen molar-refractivity contribution in [3.8, 4) is 0 Å². The highest BCUT2D eigenvalue weighted by Gasteiger charge is 2.31. The first-order valence-electron chi connectivity index (χ1n) is 5.79. The number of hydrogen-bond acceptors (Lipinski definition) is 3. The van der Waals surface area contributed by atoms with E-state index in [0.717, 1.165) is 18.4 Å². The third-order valence-corrected chi connectivity index (χ3v) is 2.97. The Labute approximate surface area is 110 Å². The quantitative estimate of drug-likeness (QED) is 0.853. The van der Waals surface area contributed by atoms with Crippen LogP contribution in [0.1, 0.15) is 18.4 Å². The fraction of sp³-hybridized carbons (Fsp3) is 0.385. The van der Waals surface area contributed by atoms with Crippen molar-refractivity contribution in [1.29, 1.82) is 0 Å². The van der Waals surface area contributed by atoms with Crippen LogP contribution in [0.3, 0.4) is 0 Å². The molecule has 0 saturated heterocycles. The van der Waals surface area contributed by atoms with E-state index in [1.54, 1.807) is 12.1 Å². The van der Waals surface area contributed by atoms with Crippen molar-refractivity contribution in [2.24, 2.45) is 5.92 Å². The van der Waals surface area contributed by atoms with Gasteiger partial charge in [0.2, 0.25) is 0 Å². The molecule has 5 heteroatoms. The van der Waals surface area contributed by atoms with Gasteiger partial charge in [-0.15, -0.1) is 0 Å². The van der Waals surface area contributed by atoms with Crippen molar-refractivity contribution < 1.29 is 14.3 Å². The number of anilines is 1. The molecule has 0 radical (unpaired) electrons. The first-order chi connectivity index (χ1) is 8.56. The number of carbonyl (C=O) groups is 2. The Morgan fingerprint density at radius 3 is 2.78 bits per heavy atom. The summed E-state index contributed by atoms with van der Waals surface area (Å²) in [6, 6.07) is 5.32. The molecule has 1 fully saturated rings. The Hall–Kier alpha value is -1.55. The zero-order valence-electron chi connectivity index (χ0n) is 10.0. The number of nitrogens with one attached hydrogen (secondary N) is 1. The fourth-order valence-corrected chi connectivity index (χ4v) is 1.76. The van der Waals surface area contributed by atoms with Gasteiger partial charge in [0.05, 0.1) is 16.6 Å². The molecular weight excluding hydrogens is 254 g/mol. The van der Waals surface area contributed by atoms with E-state index < -0.39 is 0 Å². The second-order valence-electron chi connectivity index (χ2n) is 4.41. The minimum atomic E-state index is -0.380. The number of ether oxygens (including phenoxy) is 1. The Morgan fingerprint density at radius 1 is 1.44 bits per heavy atom. The smallest absolute Gasteiger partial charge is 0.309 e. The second-order valence-corrected chi connectivity index (χ2v) is 4.82. The molecule has 0 spiro atoms. The Morgan fingerprint density at radius 2 is 2.17 bits per heavy atom. The molecule has 1 aromatic rings. The number of aryl methyl sites for hydroxylation is 1. The number of hydrogen-bond donors (Lipinski definition) is 1. The van der Waals surface area contributed by atoms with Gasteiger partial charge in [0.1, 0.15) is 0 Å². The highest BCUT2D eigenvalue weighted by Crippen LogP contribution is 2.30. The Kier molecular flexibility index (Phi) is 3.87. The van der Waals surface area contributed by atoms with Gasteiger partial charge in [0, 0.05) is 0 Å². The molecule has 1 amide bonds. The molecule has 1 N–H and O–H groups in total. The lowest BCUT2D eigenvalue weighted by molar-refractivity contribution is -0.148. The molecule has 0 aliphatic heterocycles. The second kappa shape index (κ2) is 5.40. The van der Waals surface area contributed by atoms with Crippen LogP contribution in [0.15, 0.2) is 18.2 Å². The van der Waals surface area contributed by atoms with Crippen LogP contribution in [0.25, 0.3) is 0 Å². The third kappa shape index (κ3) is 3.47. The maximum atomic E-state index is 11.6. The lowest BCUT2D eigenvalue weighted by atomic mass is 10.2. The molecule has 1 aliphatic carbocycles. The molecule has 0 heterocycles. The molecule has 1 saturated carbocycles. The van der Waals surface area contributed by atoms with Gasteiger partial charge in [-0.25, -0.2) is 0 Å². The summed E-state index contributed by atoms with van der Waals surface area (Å²) in [5.41, 5.74) is 1.54. The number of halogens is 1. The van der Waals surface area contributed by atoms with E-state index in [4.69, 9.17) is 16.3 Å². The van der Waals surface area contributed by atoms with E-state index in [2.05, 4.69) is 5.32 Å². The molecule has 1 aliphatic rings. The van der Waals surface area contributed by atoms with Gasteiger partial charge in [-0.05, 0) is 37.5 Å². The lowest BCUT2D eigenvalue weighted by Crippen LogP contribution is -2.21. The Balaban J connectivity index is 1.84. The summed E-state index contributed by atoms with van der Waals surface area (Å²) < 4.78 is 4.87. The van der Waals surface area contributed by atoms with Crippen LogP contribution in [0.4, 0.5) is 5.69 Å². The Bertz CT molecular complexity index is 483. The summed E-state index contributed by atoms with van der Waals surface area (Å²) in [6.07, 6.45) is 1.73. The van der Waals surface area contributed by atoms with E-state index in [-0.39, 0.29) is 24.4 Å². The SMILES string of the molecule is Cc1ccc(NC(=O)COC(=O)C2CC2)c(Cl)c1. The van der Waals surface area contributed by atoms with Gasteiger partial charge in [-0.2, -0.15) is 0 Å². The molecule has 1 aromatic carbocycles. The monoisotopic (exact) mass is 267 g/mol. The minimum absolute atomic E-state index is 0.000706. The highest BCUT2D eigenvalue weighted by atomic mass is 35.5. The molecule has 0 aromatic heterocycles. The number of esters is 1. The predicted molar refractivity (Wildman–Crippen MR) is 68.5 cm³/mol. The molecule has 18 heavy (non-hydrogen) atoms. The van der Waals surface area contributed by atoms with Crippen LogP contribution in [0.2, 0.25) is 5.02 Å². The van der Waals surface area contributed by atoms with Crippen LogP contribution >= 0.6 is 11.6 Å². The van der Waals surface area contributed by atoms with Crippen molar-refractivity contribution >= 4 is 29.2 Å². The summed E-state index contributed by atoms with van der Waals surface area (Å²) in [7, 11) is 0. The van der Waals surface area contributed by atoms with Crippen LogP contribution < -0.4 is 5.32 Å². The number of amides is 1. The molecule has 0 unspecified atom stereocenters. The average Bonchev–Trinajstić information content (AvgIpc) is 3.14. The molecule has 4 nitrogen and oxygen atoms in total. The molecule has 0 atom stereocenters. The number of benzene rings is 1. The van der Waals surface area contributed by atoms with Crippen molar-refractivity contribution in [3.05, 3.63) is 28.8 Å². The predicted octanol–water partition coefficient (Wildman–Crippen LogP) is 2.54. The molecular formula is C13H14ClNO3. The fourth-order valence-electron chi connectivity index (χ4n) is 1.48. The standard InChI is InChI=1S/C13H14ClNO3/c1-8-2-5-11(10(14)6-8)15-12(16)7-18-13(17)9-3-4-9/h2,5-6,9H,3-4,7H2,1H3,(H,15,16). The summed E-state index contributed by atoms with van der Waals surface area (Å²) in [4.78, 5) is 22.8. The lowest BCUT2D eigenvalue weighted by Gasteiger charge is -2.08. The minimum Gasteiger partial charge on any atom is -0.455 e. The van der Waals surface area contributed by atoms with E-state index >= 15 is 0 Å². The van der Waals surface area contributed by atoms with Crippen LogP contribution in [-0.2, 0) is 14.3 Å². The summed E-state index contributed by atoms with van der Waals surface area (Å²) >= 11 is 5.97. The van der Waals surface area contributed by atoms with Crippen molar-refractivity contribution in [1.82, 2.24) is 0 Å². The van der Waals surface area contributed by atoms with Crippen LogP contribution in [-0.4, -0.2) is 18.5 Å². The molecule has 2 rings (SSSR count). The number of carbonyl (C=O) groups excluding carboxylic acids is 2. The number of rotatable bonds is 4. The van der Waals surface area contributed by atoms with E-state index in [1.165, 1.54) is 0 Å². The topological polar surface area (TPSA) is 55.4 Å².